The molecule has 0 bridgehead atoms. The second kappa shape index (κ2) is 6.55. The van der Waals surface area contributed by atoms with Crippen molar-refractivity contribution in [2.45, 2.75) is 12.3 Å². The summed E-state index contributed by atoms with van der Waals surface area (Å²) in [7, 11) is -0.916. The fraction of sp³-hybridized carbons (Fsp3) is 0.176. The van der Waals surface area contributed by atoms with E-state index < -0.39 is 10.8 Å². The summed E-state index contributed by atoms with van der Waals surface area (Å²) in [5.41, 5.74) is 2.71. The van der Waals surface area contributed by atoms with E-state index in [1.165, 1.54) is 0 Å². The standard InChI is InChI=1S/C17H16ClNO2S/c1-22(20)11-13-8-14(6-7-16(13)18)19-10-15-9-12-4-2-3-5-17(12)21-15/h2-9,19H,10-11H2,1H3/t22-/m0/s1. The highest BCUT2D eigenvalue weighted by molar-refractivity contribution is 7.83. The van der Waals surface area contributed by atoms with Crippen LogP contribution in [0.2, 0.25) is 5.02 Å². The molecular weight excluding hydrogens is 318 g/mol. The van der Waals surface area contributed by atoms with Gasteiger partial charge in [-0.3, -0.25) is 4.21 Å². The van der Waals surface area contributed by atoms with Crippen LogP contribution in [0.4, 0.5) is 5.69 Å². The number of furan rings is 1. The van der Waals surface area contributed by atoms with Crippen LogP contribution in [-0.2, 0) is 23.1 Å². The first-order valence-electron chi connectivity index (χ1n) is 6.91. The highest BCUT2D eigenvalue weighted by Crippen LogP contribution is 2.23. The maximum atomic E-state index is 11.4. The summed E-state index contributed by atoms with van der Waals surface area (Å²) in [5, 5.41) is 5.05. The zero-order valence-electron chi connectivity index (χ0n) is 12.1. The third kappa shape index (κ3) is 3.51. The average Bonchev–Trinajstić information content (AvgIpc) is 2.90. The second-order valence-corrected chi connectivity index (χ2v) is 6.97. The molecule has 3 aromatic rings. The predicted octanol–water partition coefficient (Wildman–Crippen LogP) is 4.58. The molecule has 0 unspecified atom stereocenters. The highest BCUT2D eigenvalue weighted by Gasteiger charge is 2.06. The largest absolute Gasteiger partial charge is 0.459 e. The smallest absolute Gasteiger partial charge is 0.134 e. The van der Waals surface area contributed by atoms with Gasteiger partial charge in [0.1, 0.15) is 11.3 Å². The minimum Gasteiger partial charge on any atom is -0.459 e. The molecule has 0 saturated heterocycles. The van der Waals surface area contributed by atoms with Crippen LogP contribution in [0.15, 0.2) is 52.9 Å². The van der Waals surface area contributed by atoms with Gasteiger partial charge >= 0.3 is 0 Å². The van der Waals surface area contributed by atoms with Crippen LogP contribution in [0, 0.1) is 0 Å². The topological polar surface area (TPSA) is 42.2 Å². The van der Waals surface area contributed by atoms with E-state index in [4.69, 9.17) is 16.0 Å². The van der Waals surface area contributed by atoms with Crippen molar-refractivity contribution in [2.75, 3.05) is 11.6 Å². The lowest BCUT2D eigenvalue weighted by molar-refractivity contribution is 0.559. The minimum atomic E-state index is -0.916. The molecule has 2 aromatic carbocycles. The molecule has 114 valence electrons. The van der Waals surface area contributed by atoms with E-state index in [1.54, 1.807) is 6.26 Å². The molecule has 0 saturated carbocycles. The zero-order valence-corrected chi connectivity index (χ0v) is 13.7. The van der Waals surface area contributed by atoms with Gasteiger partial charge in [0.2, 0.25) is 0 Å². The first kappa shape index (κ1) is 15.1. The Morgan fingerprint density at radius 3 is 2.77 bits per heavy atom. The molecule has 22 heavy (non-hydrogen) atoms. The van der Waals surface area contributed by atoms with E-state index in [-0.39, 0.29) is 0 Å². The van der Waals surface area contributed by atoms with E-state index in [0.717, 1.165) is 28.0 Å². The van der Waals surface area contributed by atoms with Crippen LogP contribution in [-0.4, -0.2) is 10.5 Å². The van der Waals surface area contributed by atoms with Crippen LogP contribution < -0.4 is 5.32 Å². The summed E-state index contributed by atoms with van der Waals surface area (Å²) >= 11 is 6.13. The van der Waals surface area contributed by atoms with Crippen molar-refractivity contribution in [3.8, 4) is 0 Å². The fourth-order valence-corrected chi connectivity index (χ4v) is 3.27. The lowest BCUT2D eigenvalue weighted by atomic mass is 10.2. The summed E-state index contributed by atoms with van der Waals surface area (Å²) in [5.74, 6) is 1.33. The molecule has 0 aliphatic carbocycles. The number of para-hydroxylation sites is 1. The molecule has 5 heteroatoms. The van der Waals surface area contributed by atoms with Gasteiger partial charge in [0.15, 0.2) is 0 Å². The van der Waals surface area contributed by atoms with Gasteiger partial charge in [0.25, 0.3) is 0 Å². The number of anilines is 1. The molecule has 0 amide bonds. The fourth-order valence-electron chi connectivity index (χ4n) is 2.33. The molecule has 0 aliphatic heterocycles. The van der Waals surface area contributed by atoms with E-state index in [0.29, 0.717) is 17.3 Å². The summed E-state index contributed by atoms with van der Waals surface area (Å²) in [6.07, 6.45) is 1.67. The van der Waals surface area contributed by atoms with E-state index in [2.05, 4.69) is 5.32 Å². The van der Waals surface area contributed by atoms with Crippen molar-refractivity contribution < 1.29 is 8.63 Å². The van der Waals surface area contributed by atoms with Crippen molar-refractivity contribution in [1.82, 2.24) is 0 Å². The summed E-state index contributed by atoms with van der Waals surface area (Å²) in [6.45, 7) is 0.588. The number of halogens is 1. The van der Waals surface area contributed by atoms with Crippen LogP contribution in [0.5, 0.6) is 0 Å². The van der Waals surface area contributed by atoms with Gasteiger partial charge in [0.05, 0.1) is 6.54 Å². The maximum Gasteiger partial charge on any atom is 0.134 e. The monoisotopic (exact) mass is 333 g/mol. The molecular formula is C17H16ClNO2S. The van der Waals surface area contributed by atoms with Gasteiger partial charge in [0, 0.05) is 38.9 Å². The van der Waals surface area contributed by atoms with Crippen molar-refractivity contribution >= 4 is 39.1 Å². The van der Waals surface area contributed by atoms with Crippen LogP contribution in [0.3, 0.4) is 0 Å². The lowest BCUT2D eigenvalue weighted by Gasteiger charge is -2.08. The van der Waals surface area contributed by atoms with Crippen LogP contribution >= 0.6 is 11.6 Å². The summed E-state index contributed by atoms with van der Waals surface area (Å²) < 4.78 is 17.1. The van der Waals surface area contributed by atoms with Gasteiger partial charge in [-0.2, -0.15) is 0 Å². The Kier molecular flexibility index (Phi) is 4.50. The van der Waals surface area contributed by atoms with E-state index in [1.807, 2.05) is 48.5 Å². The van der Waals surface area contributed by atoms with Gasteiger partial charge in [-0.05, 0) is 35.9 Å². The Hall–Kier alpha value is -1.78. The molecule has 1 aromatic heterocycles. The Morgan fingerprint density at radius 1 is 1.18 bits per heavy atom. The quantitative estimate of drug-likeness (QED) is 0.743. The van der Waals surface area contributed by atoms with Gasteiger partial charge in [-0.25, -0.2) is 0 Å². The maximum absolute atomic E-state index is 11.4. The number of rotatable bonds is 5. The highest BCUT2D eigenvalue weighted by atomic mass is 35.5. The molecule has 1 heterocycles. The first-order valence-corrected chi connectivity index (χ1v) is 9.02. The van der Waals surface area contributed by atoms with Crippen LogP contribution in [0.1, 0.15) is 11.3 Å². The number of hydrogen-bond donors (Lipinski definition) is 1. The summed E-state index contributed by atoms with van der Waals surface area (Å²) in [4.78, 5) is 0. The molecule has 0 radical (unpaired) electrons. The molecule has 3 rings (SSSR count). The first-order chi connectivity index (χ1) is 10.6. The van der Waals surface area contributed by atoms with Crippen LogP contribution in [0.25, 0.3) is 11.0 Å². The predicted molar refractivity (Wildman–Crippen MR) is 92.8 cm³/mol. The normalized spacial score (nSPS) is 12.5. The molecule has 1 N–H and O–H groups in total. The van der Waals surface area contributed by atoms with E-state index in [9.17, 15) is 4.21 Å². The number of hydrogen-bond acceptors (Lipinski definition) is 3. The summed E-state index contributed by atoms with van der Waals surface area (Å²) in [6, 6.07) is 15.6. The Labute approximate surface area is 136 Å². The van der Waals surface area contributed by atoms with Gasteiger partial charge in [-0.1, -0.05) is 29.8 Å². The third-order valence-electron chi connectivity index (χ3n) is 3.35. The average molecular weight is 334 g/mol. The third-order valence-corrected chi connectivity index (χ3v) is 4.43. The van der Waals surface area contributed by atoms with Crippen molar-refractivity contribution in [1.29, 1.82) is 0 Å². The lowest BCUT2D eigenvalue weighted by Crippen LogP contribution is -2.00. The number of fused-ring (bicyclic) bond motifs is 1. The van der Waals surface area contributed by atoms with Crippen molar-refractivity contribution in [3.05, 3.63) is 64.9 Å². The van der Waals surface area contributed by atoms with E-state index >= 15 is 0 Å². The molecule has 0 fully saturated rings. The molecule has 0 spiro atoms. The van der Waals surface area contributed by atoms with Gasteiger partial charge in [-0.15, -0.1) is 0 Å². The Bertz CT molecular complexity index is 795. The SMILES string of the molecule is C[S@](=O)Cc1cc(NCc2cc3ccccc3o2)ccc1Cl. The minimum absolute atomic E-state index is 0.457. The zero-order chi connectivity index (χ0) is 15.5. The number of benzene rings is 2. The molecule has 1 atom stereocenters. The Morgan fingerprint density at radius 2 is 2.00 bits per heavy atom. The van der Waals surface area contributed by atoms with Crippen molar-refractivity contribution in [2.24, 2.45) is 0 Å². The molecule has 0 aliphatic rings. The second-order valence-electron chi connectivity index (χ2n) is 5.13. The van der Waals surface area contributed by atoms with Gasteiger partial charge < -0.3 is 9.73 Å². The molecule has 3 nitrogen and oxygen atoms in total. The number of nitrogens with one attached hydrogen (secondary N) is 1. The Balaban J connectivity index is 1.74. The van der Waals surface area contributed by atoms with Crippen molar-refractivity contribution in [3.63, 3.8) is 0 Å².